The van der Waals surface area contributed by atoms with Gasteiger partial charge < -0.3 is 9.67 Å². The zero-order valence-corrected chi connectivity index (χ0v) is 20.4. The second-order valence-corrected chi connectivity index (χ2v) is 9.57. The molecule has 1 amide bonds. The number of aromatic nitrogens is 1. The van der Waals surface area contributed by atoms with Gasteiger partial charge in [0.25, 0.3) is 5.91 Å². The van der Waals surface area contributed by atoms with Crippen LogP contribution in [0.4, 0.5) is 5.69 Å². The first-order valence-corrected chi connectivity index (χ1v) is 12.6. The lowest BCUT2D eigenvalue weighted by Gasteiger charge is -2.17. The standard InChI is InChI=1S/C32H27N3O2/c36-30(27-22-32(27,24-14-6-2-7-15-24)25-16-8-3-9-17-25)34-33-29-26-18-10-11-19-28(26)35(31(29)37)21-20-23-12-4-1-5-13-23/h1-19,27,37H,20-22H2/t27-/m1/s1. The van der Waals surface area contributed by atoms with Gasteiger partial charge >= 0.3 is 0 Å². The Morgan fingerprint density at radius 3 is 2.03 bits per heavy atom. The third-order valence-electron chi connectivity index (χ3n) is 7.47. The molecule has 1 heterocycles. The molecule has 1 saturated carbocycles. The number of carbonyl (C=O) groups excluding carboxylic acids is 1. The van der Waals surface area contributed by atoms with Gasteiger partial charge in [0, 0.05) is 17.3 Å². The molecule has 0 radical (unpaired) electrons. The van der Waals surface area contributed by atoms with E-state index < -0.39 is 5.41 Å². The Labute approximate surface area is 215 Å². The van der Waals surface area contributed by atoms with Crippen LogP contribution in [0, 0.1) is 5.92 Å². The first-order chi connectivity index (χ1) is 18.2. The summed E-state index contributed by atoms with van der Waals surface area (Å²) in [6, 6.07) is 38.1. The molecule has 5 nitrogen and oxygen atoms in total. The van der Waals surface area contributed by atoms with Crippen LogP contribution in [0.1, 0.15) is 23.1 Å². The third kappa shape index (κ3) is 4.12. The molecule has 0 saturated heterocycles. The van der Waals surface area contributed by atoms with Crippen LogP contribution in [-0.4, -0.2) is 15.6 Å². The van der Waals surface area contributed by atoms with Crippen LogP contribution in [0.25, 0.3) is 10.9 Å². The quantitative estimate of drug-likeness (QED) is 0.248. The Morgan fingerprint density at radius 2 is 1.38 bits per heavy atom. The number of rotatable bonds is 7. The van der Waals surface area contributed by atoms with Gasteiger partial charge in [-0.25, -0.2) is 0 Å². The number of hydrogen-bond acceptors (Lipinski definition) is 3. The van der Waals surface area contributed by atoms with Crippen molar-refractivity contribution in [1.82, 2.24) is 4.57 Å². The second-order valence-electron chi connectivity index (χ2n) is 9.57. The number of fused-ring (bicyclic) bond motifs is 1. The van der Waals surface area contributed by atoms with Crippen molar-refractivity contribution in [3.8, 4) is 5.88 Å². The van der Waals surface area contributed by atoms with Gasteiger partial charge in [0.2, 0.25) is 5.88 Å². The molecule has 0 spiro atoms. The fraction of sp³-hybridized carbons (Fsp3) is 0.156. The van der Waals surface area contributed by atoms with Crippen molar-refractivity contribution in [2.24, 2.45) is 16.1 Å². The van der Waals surface area contributed by atoms with Crippen LogP contribution >= 0.6 is 0 Å². The third-order valence-corrected chi connectivity index (χ3v) is 7.47. The summed E-state index contributed by atoms with van der Waals surface area (Å²) < 4.78 is 1.84. The molecule has 0 bridgehead atoms. The largest absolute Gasteiger partial charge is 0.493 e. The molecular formula is C32H27N3O2. The maximum absolute atomic E-state index is 13.4. The highest BCUT2D eigenvalue weighted by atomic mass is 16.3. The number of aryl methyl sites for hydroxylation is 2. The van der Waals surface area contributed by atoms with Gasteiger partial charge in [-0.05, 0) is 35.6 Å². The lowest BCUT2D eigenvalue weighted by atomic mass is 9.85. The van der Waals surface area contributed by atoms with Crippen molar-refractivity contribution in [2.75, 3.05) is 0 Å². The van der Waals surface area contributed by atoms with E-state index >= 15 is 0 Å². The number of hydrogen-bond donors (Lipinski definition) is 1. The number of amides is 1. The van der Waals surface area contributed by atoms with E-state index in [9.17, 15) is 9.90 Å². The SMILES string of the molecule is O=C(N=Nc1c(O)n(CCc2ccccc2)c2ccccc12)[C@H]1CC1(c1ccccc1)c1ccccc1. The zero-order valence-electron chi connectivity index (χ0n) is 20.4. The number of para-hydroxylation sites is 1. The summed E-state index contributed by atoms with van der Waals surface area (Å²) in [5.41, 5.74) is 4.20. The molecule has 1 aliphatic carbocycles. The monoisotopic (exact) mass is 485 g/mol. The molecule has 1 fully saturated rings. The smallest absolute Gasteiger partial charge is 0.269 e. The number of azo groups is 1. The van der Waals surface area contributed by atoms with Gasteiger partial charge in [0.05, 0.1) is 11.4 Å². The number of nitrogens with zero attached hydrogens (tertiary/aromatic N) is 3. The van der Waals surface area contributed by atoms with Crippen LogP contribution in [0.3, 0.4) is 0 Å². The maximum Gasteiger partial charge on any atom is 0.269 e. The van der Waals surface area contributed by atoms with E-state index in [1.807, 2.05) is 83.4 Å². The molecule has 5 aromatic rings. The van der Waals surface area contributed by atoms with Crippen molar-refractivity contribution in [1.29, 1.82) is 0 Å². The van der Waals surface area contributed by atoms with Crippen LogP contribution in [0.5, 0.6) is 5.88 Å². The van der Waals surface area contributed by atoms with E-state index in [4.69, 9.17) is 0 Å². The van der Waals surface area contributed by atoms with Gasteiger partial charge in [-0.15, -0.1) is 10.2 Å². The number of benzene rings is 4. The van der Waals surface area contributed by atoms with Crippen molar-refractivity contribution in [2.45, 2.75) is 24.8 Å². The Kier molecular flexibility index (Phi) is 5.89. The van der Waals surface area contributed by atoms with Gasteiger partial charge in [-0.1, -0.05) is 109 Å². The highest BCUT2D eigenvalue weighted by Crippen LogP contribution is 2.59. The van der Waals surface area contributed by atoms with Gasteiger partial charge in [0.1, 0.15) is 0 Å². The molecular weight excluding hydrogens is 458 g/mol. The average molecular weight is 486 g/mol. The zero-order chi connectivity index (χ0) is 25.2. The number of aromatic hydroxyl groups is 1. The van der Waals surface area contributed by atoms with E-state index in [2.05, 4.69) is 46.6 Å². The Morgan fingerprint density at radius 1 is 0.811 bits per heavy atom. The van der Waals surface area contributed by atoms with Crippen LogP contribution in [0.15, 0.2) is 125 Å². The molecule has 37 heavy (non-hydrogen) atoms. The van der Waals surface area contributed by atoms with E-state index in [-0.39, 0.29) is 17.7 Å². The first kappa shape index (κ1) is 22.9. The second kappa shape index (κ2) is 9.51. The molecule has 6 rings (SSSR count). The maximum atomic E-state index is 13.4. The molecule has 1 aromatic heterocycles. The van der Waals surface area contributed by atoms with Crippen LogP contribution in [0.2, 0.25) is 0 Å². The molecule has 182 valence electrons. The highest BCUT2D eigenvalue weighted by Gasteiger charge is 2.60. The van der Waals surface area contributed by atoms with E-state index in [1.165, 1.54) is 5.56 Å². The molecule has 1 aliphatic rings. The summed E-state index contributed by atoms with van der Waals surface area (Å²) in [6.45, 7) is 0.591. The van der Waals surface area contributed by atoms with Crippen LogP contribution in [-0.2, 0) is 23.2 Å². The molecule has 1 N–H and O–H groups in total. The minimum Gasteiger partial charge on any atom is -0.493 e. The van der Waals surface area contributed by atoms with Crippen molar-refractivity contribution >= 4 is 22.5 Å². The summed E-state index contributed by atoms with van der Waals surface area (Å²) in [4.78, 5) is 13.4. The summed E-state index contributed by atoms with van der Waals surface area (Å²) in [6.07, 6.45) is 1.45. The summed E-state index contributed by atoms with van der Waals surface area (Å²) in [5, 5.41) is 20.4. The lowest BCUT2D eigenvalue weighted by molar-refractivity contribution is -0.119. The Hall–Kier alpha value is -4.51. The number of carbonyl (C=O) groups is 1. The highest BCUT2D eigenvalue weighted by molar-refractivity contribution is 5.95. The topological polar surface area (TPSA) is 66.9 Å². The molecule has 0 unspecified atom stereocenters. The van der Waals surface area contributed by atoms with Crippen molar-refractivity contribution in [3.63, 3.8) is 0 Å². The average Bonchev–Trinajstić information content (AvgIpc) is 3.67. The van der Waals surface area contributed by atoms with Crippen LogP contribution < -0.4 is 0 Å². The predicted molar refractivity (Wildman–Crippen MR) is 145 cm³/mol. The molecule has 0 aliphatic heterocycles. The normalized spacial score (nSPS) is 16.3. The van der Waals surface area contributed by atoms with E-state index in [0.29, 0.717) is 18.7 Å². The van der Waals surface area contributed by atoms with Gasteiger partial charge in [-0.3, -0.25) is 4.79 Å². The van der Waals surface area contributed by atoms with Gasteiger partial charge in [-0.2, -0.15) is 0 Å². The van der Waals surface area contributed by atoms with Crippen molar-refractivity contribution in [3.05, 3.63) is 132 Å². The Balaban J connectivity index is 1.30. The van der Waals surface area contributed by atoms with E-state index in [0.717, 1.165) is 28.5 Å². The minimum atomic E-state index is -0.398. The fourth-order valence-electron chi connectivity index (χ4n) is 5.49. The molecule has 4 aromatic carbocycles. The van der Waals surface area contributed by atoms with Crippen molar-refractivity contribution < 1.29 is 9.90 Å². The van der Waals surface area contributed by atoms with E-state index in [1.54, 1.807) is 0 Å². The Bertz CT molecular complexity index is 1540. The minimum absolute atomic E-state index is 0.0295. The summed E-state index contributed by atoms with van der Waals surface area (Å²) >= 11 is 0. The molecule has 5 heteroatoms. The first-order valence-electron chi connectivity index (χ1n) is 12.6. The predicted octanol–water partition coefficient (Wildman–Crippen LogP) is 7.21. The summed E-state index contributed by atoms with van der Waals surface area (Å²) in [5.74, 6) is -0.537. The molecule has 1 atom stereocenters. The fourth-order valence-corrected chi connectivity index (χ4v) is 5.49. The summed E-state index contributed by atoms with van der Waals surface area (Å²) in [7, 11) is 0. The lowest BCUT2D eigenvalue weighted by Crippen LogP contribution is -2.16. The van der Waals surface area contributed by atoms with Gasteiger partial charge in [0.15, 0.2) is 5.69 Å².